The van der Waals surface area contributed by atoms with E-state index in [-0.39, 0.29) is 24.5 Å². The molecule has 0 radical (unpaired) electrons. The van der Waals surface area contributed by atoms with Crippen molar-refractivity contribution in [3.63, 3.8) is 0 Å². The molecule has 1 saturated carbocycles. The van der Waals surface area contributed by atoms with Crippen molar-refractivity contribution in [1.29, 1.82) is 0 Å². The average molecular weight is 589 g/mol. The molecule has 2 aromatic rings. The number of hydrogen-bond donors (Lipinski definition) is 0. The lowest BCUT2D eigenvalue weighted by Gasteiger charge is -2.36. The maximum Gasteiger partial charge on any atom is 0.433 e. The van der Waals surface area contributed by atoms with Crippen LogP contribution >= 0.6 is 23.2 Å². The summed E-state index contributed by atoms with van der Waals surface area (Å²) in [7, 11) is 0. The van der Waals surface area contributed by atoms with Crippen LogP contribution in [0.4, 0.5) is 13.2 Å². The molecule has 12 heteroatoms. The summed E-state index contributed by atoms with van der Waals surface area (Å²) in [6.45, 7) is 7.96. The zero-order chi connectivity index (χ0) is 28.8. The van der Waals surface area contributed by atoms with E-state index in [9.17, 15) is 22.8 Å². The highest BCUT2D eigenvalue weighted by Gasteiger charge is 2.47. The lowest BCUT2D eigenvalue weighted by Crippen LogP contribution is -2.39. The first-order valence-corrected chi connectivity index (χ1v) is 13.8. The second-order valence-corrected chi connectivity index (χ2v) is 12.4. The number of pyridine rings is 1. The molecule has 1 atom stereocenters. The largest absolute Gasteiger partial charge is 0.466 e. The van der Waals surface area contributed by atoms with Crippen LogP contribution in [0.25, 0.3) is 0 Å². The second-order valence-electron chi connectivity index (χ2n) is 11.6. The molecule has 2 fully saturated rings. The number of aromatic nitrogens is 3. The van der Waals surface area contributed by atoms with Crippen molar-refractivity contribution >= 4 is 35.1 Å². The van der Waals surface area contributed by atoms with Crippen molar-refractivity contribution in [2.45, 2.75) is 84.5 Å². The van der Waals surface area contributed by atoms with Gasteiger partial charge in [0.05, 0.1) is 39.9 Å². The lowest BCUT2D eigenvalue weighted by molar-refractivity contribution is -0.157. The zero-order valence-corrected chi connectivity index (χ0v) is 24.0. The number of carbonyl (C=O) groups excluding carboxylic acids is 2. The number of esters is 1. The molecule has 0 spiro atoms. The van der Waals surface area contributed by atoms with Gasteiger partial charge in [0.2, 0.25) is 0 Å². The molecule has 1 saturated heterocycles. The summed E-state index contributed by atoms with van der Waals surface area (Å²) >= 11 is 12.6. The first kappa shape index (κ1) is 29.6. The van der Waals surface area contributed by atoms with E-state index in [4.69, 9.17) is 27.9 Å². The summed E-state index contributed by atoms with van der Waals surface area (Å²) in [5.74, 6) is -1.06. The third-order valence-corrected chi connectivity index (χ3v) is 8.60. The molecule has 0 unspecified atom stereocenters. The van der Waals surface area contributed by atoms with E-state index in [0.717, 1.165) is 10.9 Å². The van der Waals surface area contributed by atoms with Gasteiger partial charge >= 0.3 is 12.1 Å². The number of nitrogens with zero attached hydrogens (tertiary/aromatic N) is 4. The summed E-state index contributed by atoms with van der Waals surface area (Å²) in [5, 5.41) is 4.77. The number of rotatable bonds is 6. The summed E-state index contributed by atoms with van der Waals surface area (Å²) in [6.07, 6.45) is 1.36. The Bertz CT molecular complexity index is 1220. The van der Waals surface area contributed by atoms with Gasteiger partial charge in [-0.3, -0.25) is 19.3 Å². The molecule has 1 aliphatic carbocycles. The number of ether oxygens (including phenoxy) is 1. The highest BCUT2D eigenvalue weighted by atomic mass is 35.5. The minimum absolute atomic E-state index is 0.245. The molecular formula is C27H33Cl2F3N4O3. The maximum atomic E-state index is 14.5. The fourth-order valence-corrected chi connectivity index (χ4v) is 6.44. The van der Waals surface area contributed by atoms with Crippen LogP contribution in [0.15, 0.2) is 18.6 Å². The van der Waals surface area contributed by atoms with Crippen LogP contribution in [0.1, 0.15) is 87.5 Å². The van der Waals surface area contributed by atoms with Gasteiger partial charge in [-0.1, -0.05) is 37.0 Å². The van der Waals surface area contributed by atoms with E-state index in [2.05, 4.69) is 10.1 Å². The number of halogens is 5. The Balaban J connectivity index is 1.63. The maximum absolute atomic E-state index is 14.5. The molecule has 2 aromatic heterocycles. The predicted octanol–water partition coefficient (Wildman–Crippen LogP) is 6.77. The van der Waals surface area contributed by atoms with Crippen molar-refractivity contribution in [1.82, 2.24) is 19.7 Å². The number of likely N-dealkylation sites (tertiary alicyclic amines) is 1. The highest BCUT2D eigenvalue weighted by Crippen LogP contribution is 2.45. The lowest BCUT2D eigenvalue weighted by atomic mass is 9.74. The van der Waals surface area contributed by atoms with Gasteiger partial charge in [0.15, 0.2) is 5.69 Å². The molecule has 214 valence electrons. The second kappa shape index (κ2) is 10.9. The summed E-state index contributed by atoms with van der Waals surface area (Å²) < 4.78 is 49.5. The normalized spacial score (nSPS) is 25.1. The predicted molar refractivity (Wildman–Crippen MR) is 141 cm³/mol. The third kappa shape index (κ3) is 6.06. The van der Waals surface area contributed by atoms with Crippen molar-refractivity contribution in [2.75, 3.05) is 13.2 Å². The topological polar surface area (TPSA) is 77.3 Å². The first-order chi connectivity index (χ1) is 18.2. The molecule has 0 N–H and O–H groups in total. The van der Waals surface area contributed by atoms with Crippen molar-refractivity contribution in [3.05, 3.63) is 45.5 Å². The van der Waals surface area contributed by atoms with E-state index in [1.807, 2.05) is 13.8 Å². The van der Waals surface area contributed by atoms with Gasteiger partial charge in [0, 0.05) is 25.0 Å². The number of alkyl halides is 3. The van der Waals surface area contributed by atoms with Gasteiger partial charge in [-0.05, 0) is 63.4 Å². The number of hydrogen-bond acceptors (Lipinski definition) is 5. The SMILES string of the molecule is CCOC(=O)C1(C)CCC(n2ncc(C(=O)N3CC(C)(C)C[C@@H]3Cc3c(Cl)cncc3Cl)c2C(F)(F)F)CC1. The minimum Gasteiger partial charge on any atom is -0.466 e. The summed E-state index contributed by atoms with van der Waals surface area (Å²) in [4.78, 5) is 31.6. The van der Waals surface area contributed by atoms with E-state index < -0.39 is 40.8 Å². The number of amides is 1. The van der Waals surface area contributed by atoms with Crippen LogP contribution in [0.5, 0.6) is 0 Å². The molecule has 3 heterocycles. The van der Waals surface area contributed by atoms with Crippen LogP contribution in [-0.4, -0.2) is 50.7 Å². The summed E-state index contributed by atoms with van der Waals surface area (Å²) in [5.41, 5.74) is -1.99. The molecular weight excluding hydrogens is 556 g/mol. The minimum atomic E-state index is -4.80. The standard InChI is InChI=1S/C27H33Cl2F3N4O3/c1-5-39-24(38)26(4)8-6-16(7-9-26)36-22(27(30,31)32)19(12-34-36)23(37)35-15-25(2,3)11-17(35)10-18-20(28)13-33-14-21(18)29/h12-14,16-17H,5-11,15H2,1-4H3/t16?,17-,26?/m0/s1. The Kier molecular flexibility index (Phi) is 8.30. The molecule has 1 amide bonds. The Morgan fingerprint density at radius 2 is 1.72 bits per heavy atom. The quantitative estimate of drug-likeness (QED) is 0.348. The van der Waals surface area contributed by atoms with E-state index in [0.29, 0.717) is 54.1 Å². The van der Waals surface area contributed by atoms with Gasteiger partial charge in [-0.2, -0.15) is 18.3 Å². The van der Waals surface area contributed by atoms with Gasteiger partial charge in [-0.25, -0.2) is 0 Å². The average Bonchev–Trinajstić information content (AvgIpc) is 3.43. The van der Waals surface area contributed by atoms with Gasteiger partial charge in [-0.15, -0.1) is 0 Å². The molecule has 1 aliphatic heterocycles. The smallest absolute Gasteiger partial charge is 0.433 e. The number of carbonyl (C=O) groups is 2. The van der Waals surface area contributed by atoms with Crippen LogP contribution in [-0.2, 0) is 22.1 Å². The van der Waals surface area contributed by atoms with E-state index in [1.54, 1.807) is 13.8 Å². The van der Waals surface area contributed by atoms with Gasteiger partial charge in [0.25, 0.3) is 5.91 Å². The Labute approximate surface area is 236 Å². The Morgan fingerprint density at radius 1 is 1.10 bits per heavy atom. The molecule has 0 aromatic carbocycles. The zero-order valence-electron chi connectivity index (χ0n) is 22.4. The Morgan fingerprint density at radius 3 is 2.28 bits per heavy atom. The molecule has 7 nitrogen and oxygen atoms in total. The summed E-state index contributed by atoms with van der Waals surface area (Å²) in [6, 6.07) is -1.000. The van der Waals surface area contributed by atoms with Crippen LogP contribution < -0.4 is 0 Å². The van der Waals surface area contributed by atoms with E-state index in [1.165, 1.54) is 17.3 Å². The monoisotopic (exact) mass is 588 g/mol. The van der Waals surface area contributed by atoms with Crippen LogP contribution in [0, 0.1) is 10.8 Å². The third-order valence-electron chi connectivity index (χ3n) is 7.95. The fourth-order valence-electron chi connectivity index (χ4n) is 5.92. The first-order valence-electron chi connectivity index (χ1n) is 13.1. The fraction of sp³-hybridized carbons (Fsp3) is 0.630. The van der Waals surface area contributed by atoms with Gasteiger partial charge in [0.1, 0.15) is 0 Å². The van der Waals surface area contributed by atoms with Gasteiger partial charge < -0.3 is 9.64 Å². The molecule has 39 heavy (non-hydrogen) atoms. The van der Waals surface area contributed by atoms with Crippen LogP contribution in [0.2, 0.25) is 10.0 Å². The van der Waals surface area contributed by atoms with Crippen molar-refractivity contribution in [3.8, 4) is 0 Å². The van der Waals surface area contributed by atoms with Crippen molar-refractivity contribution in [2.24, 2.45) is 10.8 Å². The highest BCUT2D eigenvalue weighted by molar-refractivity contribution is 6.35. The van der Waals surface area contributed by atoms with Crippen molar-refractivity contribution < 1.29 is 27.5 Å². The molecule has 4 rings (SSSR count). The Hall–Kier alpha value is -2.33. The van der Waals surface area contributed by atoms with Crippen LogP contribution in [0.3, 0.4) is 0 Å². The van der Waals surface area contributed by atoms with E-state index >= 15 is 0 Å². The molecule has 2 aliphatic rings. The molecule has 0 bridgehead atoms.